The quantitative estimate of drug-likeness (QED) is 0.164. The van der Waals surface area contributed by atoms with E-state index in [9.17, 15) is 18.0 Å². The van der Waals surface area contributed by atoms with Crippen LogP contribution in [0.3, 0.4) is 0 Å². The minimum atomic E-state index is -4.22. The van der Waals surface area contributed by atoms with Crippen LogP contribution in [0, 0.1) is 0 Å². The van der Waals surface area contributed by atoms with E-state index in [0.29, 0.717) is 29.5 Å². The second-order valence-corrected chi connectivity index (χ2v) is 12.7. The Bertz CT molecular complexity index is 1450. The van der Waals surface area contributed by atoms with Crippen LogP contribution in [0.15, 0.2) is 82.6 Å². The van der Waals surface area contributed by atoms with Gasteiger partial charge in [0.1, 0.15) is 18.3 Å². The lowest BCUT2D eigenvalue weighted by Crippen LogP contribution is -2.51. The Morgan fingerprint density at radius 1 is 1.02 bits per heavy atom. The van der Waals surface area contributed by atoms with Crippen molar-refractivity contribution in [2.24, 2.45) is 0 Å². The number of carbonyl (C=O) groups is 2. The van der Waals surface area contributed by atoms with Gasteiger partial charge in [0.05, 0.1) is 17.2 Å². The summed E-state index contributed by atoms with van der Waals surface area (Å²) in [6.07, 6.45) is 3.61. The molecule has 0 spiro atoms. The van der Waals surface area contributed by atoms with Gasteiger partial charge in [0.25, 0.3) is 10.0 Å². The van der Waals surface area contributed by atoms with E-state index >= 15 is 0 Å². The van der Waals surface area contributed by atoms with Gasteiger partial charge in [0.15, 0.2) is 0 Å². The minimum Gasteiger partial charge on any atom is -0.492 e. The molecule has 0 aliphatic carbocycles. The van der Waals surface area contributed by atoms with Crippen molar-refractivity contribution in [3.8, 4) is 5.75 Å². The summed E-state index contributed by atoms with van der Waals surface area (Å²) in [5.74, 6) is -0.553. The molecular weight excluding hydrogens is 594 g/mol. The van der Waals surface area contributed by atoms with Crippen LogP contribution in [0.1, 0.15) is 39.2 Å². The molecule has 8 nitrogen and oxygen atoms in total. The number of halogens is 1. The second kappa shape index (κ2) is 15.9. The predicted molar refractivity (Wildman–Crippen MR) is 170 cm³/mol. The van der Waals surface area contributed by atoms with Gasteiger partial charge in [-0.15, -0.1) is 11.8 Å². The zero-order chi connectivity index (χ0) is 30.7. The number of ether oxygens (including phenoxy) is 1. The first-order valence-electron chi connectivity index (χ1n) is 13.8. The third kappa shape index (κ3) is 8.65. The number of anilines is 1. The van der Waals surface area contributed by atoms with E-state index in [0.717, 1.165) is 22.0 Å². The molecule has 0 aliphatic heterocycles. The first kappa shape index (κ1) is 33.3. The van der Waals surface area contributed by atoms with E-state index < -0.39 is 28.5 Å². The molecule has 1 N–H and O–H groups in total. The molecule has 0 heterocycles. The zero-order valence-corrected chi connectivity index (χ0v) is 26.8. The Morgan fingerprint density at radius 3 is 2.38 bits per heavy atom. The van der Waals surface area contributed by atoms with E-state index in [2.05, 4.69) is 5.32 Å². The maximum Gasteiger partial charge on any atom is 0.264 e. The van der Waals surface area contributed by atoms with E-state index in [-0.39, 0.29) is 23.0 Å². The number of amides is 2. The average Bonchev–Trinajstić information content (AvgIpc) is 2.99. The second-order valence-electron chi connectivity index (χ2n) is 9.56. The number of sulfonamides is 1. The highest BCUT2D eigenvalue weighted by Crippen LogP contribution is 2.33. The third-order valence-corrected chi connectivity index (χ3v) is 9.35. The fourth-order valence-corrected chi connectivity index (χ4v) is 6.33. The number of rotatable bonds is 15. The summed E-state index contributed by atoms with van der Waals surface area (Å²) < 4.78 is 35.1. The Hall–Kier alpha value is -3.21. The molecule has 0 bridgehead atoms. The van der Waals surface area contributed by atoms with Crippen LogP contribution in [0.4, 0.5) is 5.69 Å². The monoisotopic (exact) mass is 631 g/mol. The Balaban J connectivity index is 2.06. The molecule has 1 atom stereocenters. The molecule has 3 aromatic rings. The average molecular weight is 632 g/mol. The van der Waals surface area contributed by atoms with Crippen molar-refractivity contribution in [3.63, 3.8) is 0 Å². The summed E-state index contributed by atoms with van der Waals surface area (Å²) in [6.45, 7) is 5.75. The number of hydrogen-bond acceptors (Lipinski definition) is 6. The number of carbonyl (C=O) groups excluding carboxylic acids is 2. The molecule has 2 amide bonds. The van der Waals surface area contributed by atoms with Crippen LogP contribution >= 0.6 is 23.4 Å². The summed E-state index contributed by atoms with van der Waals surface area (Å²) in [6, 6.07) is 19.3. The van der Waals surface area contributed by atoms with Crippen LogP contribution in [0.2, 0.25) is 5.02 Å². The van der Waals surface area contributed by atoms with Crippen molar-refractivity contribution in [3.05, 3.63) is 83.4 Å². The molecule has 0 aliphatic rings. The summed E-state index contributed by atoms with van der Waals surface area (Å²) in [7, 11) is -4.22. The molecule has 0 saturated carbocycles. The van der Waals surface area contributed by atoms with Crippen molar-refractivity contribution < 1.29 is 22.7 Å². The number of nitrogens with one attached hydrogen (secondary N) is 1. The van der Waals surface area contributed by atoms with Crippen molar-refractivity contribution in [1.82, 2.24) is 10.2 Å². The van der Waals surface area contributed by atoms with Crippen LogP contribution < -0.4 is 14.4 Å². The summed E-state index contributed by atoms with van der Waals surface area (Å²) in [4.78, 5) is 29.5. The lowest BCUT2D eigenvalue weighted by atomic mass is 10.1. The lowest BCUT2D eigenvalue weighted by Gasteiger charge is -2.32. The Labute approximate surface area is 258 Å². The molecule has 3 aromatic carbocycles. The summed E-state index contributed by atoms with van der Waals surface area (Å²) in [5, 5.41) is 3.37. The standard InChI is InChI=1S/C31H38ClN3O5S2/c1-5-7-19-33-31(37)23(3)34(21-24-11-10-12-25(32)20-24)30(36)22-35(28-13-8-9-14-29(28)40-6-2)42(38,39)27-17-15-26(41-4)16-18-27/h8-18,20,23H,5-7,19,21-22H2,1-4H3,(H,33,37)/t23-/m1/s1. The van der Waals surface area contributed by atoms with Gasteiger partial charge >= 0.3 is 0 Å². The maximum atomic E-state index is 14.1. The number of para-hydroxylation sites is 2. The first-order chi connectivity index (χ1) is 20.1. The predicted octanol–water partition coefficient (Wildman–Crippen LogP) is 5.99. The van der Waals surface area contributed by atoms with Crippen molar-refractivity contribution in [1.29, 1.82) is 0 Å². The third-order valence-electron chi connectivity index (χ3n) is 6.60. The molecule has 0 unspecified atom stereocenters. The van der Waals surface area contributed by atoms with Gasteiger partial charge in [0, 0.05) is 23.0 Å². The zero-order valence-electron chi connectivity index (χ0n) is 24.4. The van der Waals surface area contributed by atoms with Crippen molar-refractivity contribution in [2.45, 2.75) is 56.0 Å². The van der Waals surface area contributed by atoms with E-state index in [1.165, 1.54) is 28.8 Å². The minimum absolute atomic E-state index is 0.0335. The smallest absolute Gasteiger partial charge is 0.264 e. The Morgan fingerprint density at radius 2 is 1.74 bits per heavy atom. The maximum absolute atomic E-state index is 14.1. The molecule has 0 fully saturated rings. The number of unbranched alkanes of at least 4 members (excludes halogenated alkanes) is 1. The van der Waals surface area contributed by atoms with Crippen LogP contribution in [0.5, 0.6) is 5.75 Å². The number of hydrogen-bond donors (Lipinski definition) is 1. The van der Waals surface area contributed by atoms with Gasteiger partial charge in [-0.05, 0) is 80.6 Å². The first-order valence-corrected chi connectivity index (χ1v) is 16.9. The molecule has 42 heavy (non-hydrogen) atoms. The van der Waals surface area contributed by atoms with Crippen LogP contribution in [-0.4, -0.2) is 57.1 Å². The van der Waals surface area contributed by atoms with Crippen LogP contribution in [-0.2, 0) is 26.2 Å². The van der Waals surface area contributed by atoms with Gasteiger partial charge in [-0.1, -0.05) is 49.2 Å². The van der Waals surface area contributed by atoms with E-state index in [4.69, 9.17) is 16.3 Å². The number of thioether (sulfide) groups is 1. The molecule has 0 radical (unpaired) electrons. The van der Waals surface area contributed by atoms with Gasteiger partial charge in [-0.25, -0.2) is 8.42 Å². The fourth-order valence-electron chi connectivity index (χ4n) is 4.28. The molecule has 3 rings (SSSR count). The largest absolute Gasteiger partial charge is 0.492 e. The Kier molecular flexibility index (Phi) is 12.6. The lowest BCUT2D eigenvalue weighted by molar-refractivity contribution is -0.139. The van der Waals surface area contributed by atoms with Crippen molar-refractivity contribution in [2.75, 3.05) is 30.3 Å². The van der Waals surface area contributed by atoms with Crippen LogP contribution in [0.25, 0.3) is 0 Å². The number of benzene rings is 3. The molecular formula is C31H38ClN3O5S2. The highest BCUT2D eigenvalue weighted by Gasteiger charge is 2.33. The topological polar surface area (TPSA) is 96.0 Å². The van der Waals surface area contributed by atoms with Gasteiger partial charge in [-0.3, -0.25) is 13.9 Å². The molecule has 226 valence electrons. The highest BCUT2D eigenvalue weighted by molar-refractivity contribution is 7.98. The van der Waals surface area contributed by atoms with E-state index in [1.807, 2.05) is 13.2 Å². The normalized spacial score (nSPS) is 11.9. The fraction of sp³-hybridized carbons (Fsp3) is 0.355. The van der Waals surface area contributed by atoms with Crippen molar-refractivity contribution >= 4 is 50.9 Å². The molecule has 0 saturated heterocycles. The molecule has 11 heteroatoms. The van der Waals surface area contributed by atoms with E-state index in [1.54, 1.807) is 74.5 Å². The van der Waals surface area contributed by atoms with Gasteiger partial charge in [-0.2, -0.15) is 0 Å². The highest BCUT2D eigenvalue weighted by atomic mass is 35.5. The molecule has 0 aromatic heterocycles. The summed E-state index contributed by atoms with van der Waals surface area (Å²) in [5.41, 5.74) is 0.935. The SMILES string of the molecule is CCCCNC(=O)[C@@H](C)N(Cc1cccc(Cl)c1)C(=O)CN(c1ccccc1OCC)S(=O)(=O)c1ccc(SC)cc1. The summed E-state index contributed by atoms with van der Waals surface area (Å²) >= 11 is 7.70. The van der Waals surface area contributed by atoms with Gasteiger partial charge in [0.2, 0.25) is 11.8 Å². The number of nitrogens with zero attached hydrogens (tertiary/aromatic N) is 2. The van der Waals surface area contributed by atoms with Gasteiger partial charge < -0.3 is 15.0 Å².